The number of fused-ring (bicyclic) bond motifs is 1. The topological polar surface area (TPSA) is 76.9 Å². The number of rotatable bonds is 4. The molecule has 2 aromatic rings. The van der Waals surface area contributed by atoms with Crippen LogP contribution in [0.1, 0.15) is 29.6 Å². The monoisotopic (exact) mass is 381 g/mol. The average Bonchev–Trinajstić information content (AvgIpc) is 2.74. The minimum Gasteiger partial charge on any atom is -0.478 e. The minimum absolute atomic E-state index is 0.0933. The maximum atomic E-state index is 11.9. The zero-order valence-electron chi connectivity index (χ0n) is 16.2. The number of aliphatic hydroxyl groups is 1. The summed E-state index contributed by atoms with van der Waals surface area (Å²) in [6.07, 6.45) is 2.96. The SMILES string of the molecule is CN1CCC[C@]2(CO)CCN(c3nc(-c4ccccc4)ccc3C(=O)O)C[C@@H]12. The molecule has 1 aromatic carbocycles. The minimum atomic E-state index is -0.960. The first-order valence-corrected chi connectivity index (χ1v) is 9.90. The predicted molar refractivity (Wildman–Crippen MR) is 109 cm³/mol. The van der Waals surface area contributed by atoms with Crippen molar-refractivity contribution in [3.63, 3.8) is 0 Å². The Hall–Kier alpha value is -2.44. The van der Waals surface area contributed by atoms with Crippen LogP contribution in [-0.4, -0.2) is 65.4 Å². The van der Waals surface area contributed by atoms with E-state index < -0.39 is 5.97 Å². The van der Waals surface area contributed by atoms with E-state index in [2.05, 4.69) is 16.8 Å². The number of aromatic nitrogens is 1. The number of carbonyl (C=O) groups is 1. The molecule has 0 spiro atoms. The van der Waals surface area contributed by atoms with Gasteiger partial charge in [-0.3, -0.25) is 0 Å². The molecule has 6 heteroatoms. The molecule has 0 radical (unpaired) electrons. The van der Waals surface area contributed by atoms with Crippen LogP contribution < -0.4 is 4.90 Å². The first-order valence-electron chi connectivity index (χ1n) is 9.90. The molecule has 2 N–H and O–H groups in total. The fourth-order valence-electron chi connectivity index (χ4n) is 4.83. The summed E-state index contributed by atoms with van der Waals surface area (Å²) in [6, 6.07) is 13.5. The normalized spacial score (nSPS) is 25.4. The maximum absolute atomic E-state index is 11.9. The van der Waals surface area contributed by atoms with Crippen LogP contribution in [0.5, 0.6) is 0 Å². The van der Waals surface area contributed by atoms with Gasteiger partial charge in [-0.1, -0.05) is 30.3 Å². The van der Waals surface area contributed by atoms with Crippen LogP contribution in [0.2, 0.25) is 0 Å². The molecule has 0 amide bonds. The van der Waals surface area contributed by atoms with Gasteiger partial charge in [0.1, 0.15) is 11.4 Å². The molecule has 0 bridgehead atoms. The summed E-state index contributed by atoms with van der Waals surface area (Å²) < 4.78 is 0. The van der Waals surface area contributed by atoms with Crippen LogP contribution in [0.15, 0.2) is 42.5 Å². The third kappa shape index (κ3) is 3.27. The number of aromatic carboxylic acids is 1. The van der Waals surface area contributed by atoms with E-state index in [1.165, 1.54) is 0 Å². The number of anilines is 1. The predicted octanol–water partition coefficient (Wildman–Crippen LogP) is 2.73. The number of likely N-dealkylation sites (N-methyl/N-ethyl adjacent to an activating group) is 1. The van der Waals surface area contributed by atoms with Crippen LogP contribution in [0.25, 0.3) is 11.3 Å². The molecule has 2 atom stereocenters. The molecule has 2 aliphatic rings. The van der Waals surface area contributed by atoms with Crippen molar-refractivity contribution in [3.05, 3.63) is 48.0 Å². The molecule has 148 valence electrons. The lowest BCUT2D eigenvalue weighted by molar-refractivity contribution is -0.0277. The van der Waals surface area contributed by atoms with E-state index in [-0.39, 0.29) is 23.6 Å². The van der Waals surface area contributed by atoms with Crippen molar-refractivity contribution < 1.29 is 15.0 Å². The summed E-state index contributed by atoms with van der Waals surface area (Å²) in [5.41, 5.74) is 1.88. The first kappa shape index (κ1) is 18.9. The summed E-state index contributed by atoms with van der Waals surface area (Å²) in [7, 11) is 2.10. The van der Waals surface area contributed by atoms with Crippen molar-refractivity contribution in [2.24, 2.45) is 5.41 Å². The molecule has 1 aromatic heterocycles. The largest absolute Gasteiger partial charge is 0.478 e. The molecule has 0 saturated carbocycles. The van der Waals surface area contributed by atoms with Gasteiger partial charge in [0.05, 0.1) is 12.3 Å². The third-order valence-electron chi connectivity index (χ3n) is 6.49. The number of carboxylic acid groups (broad SMARTS) is 1. The molecule has 28 heavy (non-hydrogen) atoms. The second-order valence-corrected chi connectivity index (χ2v) is 8.06. The Morgan fingerprint density at radius 3 is 2.68 bits per heavy atom. The van der Waals surface area contributed by atoms with Gasteiger partial charge in [0.2, 0.25) is 0 Å². The molecular formula is C22H27N3O3. The fourth-order valence-corrected chi connectivity index (χ4v) is 4.83. The molecule has 3 heterocycles. The highest BCUT2D eigenvalue weighted by molar-refractivity contribution is 5.94. The van der Waals surface area contributed by atoms with Gasteiger partial charge in [-0.2, -0.15) is 0 Å². The number of nitrogens with zero attached hydrogens (tertiary/aromatic N) is 3. The highest BCUT2D eigenvalue weighted by Crippen LogP contribution is 2.42. The summed E-state index contributed by atoms with van der Waals surface area (Å²) >= 11 is 0. The van der Waals surface area contributed by atoms with E-state index in [0.29, 0.717) is 18.9 Å². The van der Waals surface area contributed by atoms with Crippen molar-refractivity contribution in [1.29, 1.82) is 0 Å². The number of carboxylic acids is 1. The van der Waals surface area contributed by atoms with Crippen molar-refractivity contribution in [3.8, 4) is 11.3 Å². The van der Waals surface area contributed by atoms with E-state index in [1.54, 1.807) is 12.1 Å². The van der Waals surface area contributed by atoms with Crippen molar-refractivity contribution in [2.75, 3.05) is 38.2 Å². The van der Waals surface area contributed by atoms with Gasteiger partial charge >= 0.3 is 5.97 Å². The number of likely N-dealkylation sites (tertiary alicyclic amines) is 1. The van der Waals surface area contributed by atoms with Crippen LogP contribution >= 0.6 is 0 Å². The maximum Gasteiger partial charge on any atom is 0.339 e. The number of hydrogen-bond donors (Lipinski definition) is 2. The summed E-state index contributed by atoms with van der Waals surface area (Å²) in [5.74, 6) is -0.433. The first-order chi connectivity index (χ1) is 13.5. The quantitative estimate of drug-likeness (QED) is 0.848. The van der Waals surface area contributed by atoms with Crippen LogP contribution in [0, 0.1) is 5.41 Å². The van der Waals surface area contributed by atoms with E-state index in [9.17, 15) is 15.0 Å². The number of piperidine rings is 2. The van der Waals surface area contributed by atoms with Gasteiger partial charge in [0.15, 0.2) is 0 Å². The van der Waals surface area contributed by atoms with Gasteiger partial charge in [-0.05, 0) is 45.0 Å². The highest BCUT2D eigenvalue weighted by atomic mass is 16.4. The van der Waals surface area contributed by atoms with Crippen LogP contribution in [0.3, 0.4) is 0 Å². The average molecular weight is 381 g/mol. The van der Waals surface area contributed by atoms with Crippen molar-refractivity contribution in [2.45, 2.75) is 25.3 Å². The molecule has 4 rings (SSSR count). The van der Waals surface area contributed by atoms with Gasteiger partial charge in [0, 0.05) is 30.1 Å². The Balaban J connectivity index is 1.71. The highest BCUT2D eigenvalue weighted by Gasteiger charge is 2.47. The van der Waals surface area contributed by atoms with E-state index in [1.807, 2.05) is 30.3 Å². The van der Waals surface area contributed by atoms with Crippen LogP contribution in [0.4, 0.5) is 5.82 Å². The molecule has 2 aliphatic heterocycles. The Morgan fingerprint density at radius 2 is 1.96 bits per heavy atom. The Morgan fingerprint density at radius 1 is 1.18 bits per heavy atom. The van der Waals surface area contributed by atoms with E-state index >= 15 is 0 Å². The lowest BCUT2D eigenvalue weighted by Gasteiger charge is -2.53. The van der Waals surface area contributed by atoms with E-state index in [0.717, 1.165) is 37.1 Å². The summed E-state index contributed by atoms with van der Waals surface area (Å²) in [5, 5.41) is 19.9. The van der Waals surface area contributed by atoms with Crippen molar-refractivity contribution in [1.82, 2.24) is 9.88 Å². The standard InChI is InChI=1S/C22H27N3O3/c1-24-12-5-10-22(15-26)11-13-25(14-19(22)24)20-17(21(27)28)8-9-18(23-20)16-6-3-2-4-7-16/h2-4,6-9,19,26H,5,10-15H2,1H3,(H,27,28)/t19-,22-/m1/s1. The molecule has 0 aliphatic carbocycles. The third-order valence-corrected chi connectivity index (χ3v) is 6.49. The van der Waals surface area contributed by atoms with Crippen molar-refractivity contribution >= 4 is 11.8 Å². The number of benzene rings is 1. The number of hydrogen-bond acceptors (Lipinski definition) is 5. The second-order valence-electron chi connectivity index (χ2n) is 8.06. The lowest BCUT2D eigenvalue weighted by atomic mass is 9.69. The molecule has 6 nitrogen and oxygen atoms in total. The zero-order valence-corrected chi connectivity index (χ0v) is 16.2. The van der Waals surface area contributed by atoms with Gasteiger partial charge in [-0.25, -0.2) is 9.78 Å². The Kier molecular flexibility index (Phi) is 5.08. The summed E-state index contributed by atoms with van der Waals surface area (Å²) in [4.78, 5) is 21.0. The Bertz CT molecular complexity index is 857. The second kappa shape index (κ2) is 7.53. The lowest BCUT2D eigenvalue weighted by Crippen LogP contribution is -2.61. The zero-order chi connectivity index (χ0) is 19.7. The number of pyridine rings is 1. The molecule has 0 unspecified atom stereocenters. The molecule has 2 saturated heterocycles. The smallest absolute Gasteiger partial charge is 0.339 e. The summed E-state index contributed by atoms with van der Waals surface area (Å²) in [6.45, 7) is 2.57. The Labute approximate surface area is 165 Å². The van der Waals surface area contributed by atoms with E-state index in [4.69, 9.17) is 4.98 Å². The molecule has 2 fully saturated rings. The van der Waals surface area contributed by atoms with Gasteiger partial charge in [-0.15, -0.1) is 0 Å². The molecular weight excluding hydrogens is 354 g/mol. The van der Waals surface area contributed by atoms with Gasteiger partial charge < -0.3 is 20.0 Å². The fraction of sp³-hybridized carbons (Fsp3) is 0.455. The number of aliphatic hydroxyl groups excluding tert-OH is 1. The van der Waals surface area contributed by atoms with Crippen LogP contribution in [-0.2, 0) is 0 Å². The van der Waals surface area contributed by atoms with Gasteiger partial charge in [0.25, 0.3) is 0 Å².